The molecule has 0 unspecified atom stereocenters. The highest BCUT2D eigenvalue weighted by Crippen LogP contribution is 2.20. The largest absolute Gasteiger partial charge is 0.452 e. The third-order valence-electron chi connectivity index (χ3n) is 3.25. The molecule has 0 radical (unpaired) electrons. The van der Waals surface area contributed by atoms with Gasteiger partial charge >= 0.3 is 5.97 Å². The van der Waals surface area contributed by atoms with Crippen LogP contribution < -0.4 is 5.32 Å². The molecule has 1 aromatic carbocycles. The molecule has 128 valence electrons. The number of anilines is 2. The Morgan fingerprint density at radius 2 is 2.08 bits per heavy atom. The van der Waals surface area contributed by atoms with Crippen LogP contribution in [0.2, 0.25) is 0 Å². The minimum Gasteiger partial charge on any atom is -0.452 e. The fourth-order valence-corrected chi connectivity index (χ4v) is 2.07. The minimum absolute atomic E-state index is 0.139. The van der Waals surface area contributed by atoms with Crippen molar-refractivity contribution in [3.63, 3.8) is 0 Å². The van der Waals surface area contributed by atoms with Crippen LogP contribution in [-0.2, 0) is 17.8 Å². The van der Waals surface area contributed by atoms with Crippen LogP contribution >= 0.6 is 0 Å². The molecule has 0 bridgehead atoms. The number of aromatic nitrogens is 3. The molecule has 0 aliphatic carbocycles. The monoisotopic (exact) mass is 342 g/mol. The summed E-state index contributed by atoms with van der Waals surface area (Å²) in [5.74, 6) is -0.0519. The van der Waals surface area contributed by atoms with Crippen LogP contribution in [0.5, 0.6) is 0 Å². The van der Waals surface area contributed by atoms with E-state index in [1.54, 1.807) is 24.3 Å². The molecule has 1 N–H and O–H groups in total. The standard InChI is InChI=1S/C17H15FN4O3/c1-2-14-21-22-15(25-14)10-24-17(23)13-7-4-8-19-16(13)20-12-6-3-5-11(18)9-12/h3-9H,2,10H2,1H3,(H,19,20). The molecule has 25 heavy (non-hydrogen) atoms. The van der Waals surface area contributed by atoms with Crippen molar-refractivity contribution >= 4 is 17.5 Å². The fraction of sp³-hybridized carbons (Fsp3) is 0.176. The van der Waals surface area contributed by atoms with Gasteiger partial charge in [0.1, 0.15) is 17.2 Å². The Balaban J connectivity index is 1.72. The second kappa shape index (κ2) is 7.52. The number of halogens is 1. The third kappa shape index (κ3) is 4.17. The van der Waals surface area contributed by atoms with Crippen molar-refractivity contribution < 1.29 is 18.3 Å². The zero-order valence-electron chi connectivity index (χ0n) is 13.4. The highest BCUT2D eigenvalue weighted by Gasteiger charge is 2.16. The Labute approximate surface area is 142 Å². The molecule has 3 aromatic rings. The molecule has 0 spiro atoms. The number of hydrogen-bond acceptors (Lipinski definition) is 7. The molecule has 0 saturated carbocycles. The lowest BCUT2D eigenvalue weighted by atomic mass is 10.2. The third-order valence-corrected chi connectivity index (χ3v) is 3.25. The summed E-state index contributed by atoms with van der Waals surface area (Å²) >= 11 is 0. The molecule has 0 saturated heterocycles. The van der Waals surface area contributed by atoms with Crippen LogP contribution in [0.4, 0.5) is 15.9 Å². The van der Waals surface area contributed by atoms with Gasteiger partial charge in [-0.3, -0.25) is 0 Å². The predicted octanol–water partition coefficient (Wildman–Crippen LogP) is 3.27. The summed E-state index contributed by atoms with van der Waals surface area (Å²) in [6.45, 7) is 1.74. The molecule has 3 rings (SSSR count). The molecular weight excluding hydrogens is 327 g/mol. The van der Waals surface area contributed by atoms with Gasteiger partial charge in [-0.1, -0.05) is 13.0 Å². The normalized spacial score (nSPS) is 10.5. The summed E-state index contributed by atoms with van der Waals surface area (Å²) in [5, 5.41) is 10.5. The van der Waals surface area contributed by atoms with Gasteiger partial charge in [-0.05, 0) is 30.3 Å². The lowest BCUT2D eigenvalue weighted by molar-refractivity contribution is 0.0437. The van der Waals surface area contributed by atoms with Gasteiger partial charge in [-0.25, -0.2) is 14.2 Å². The van der Waals surface area contributed by atoms with Crippen molar-refractivity contribution in [3.8, 4) is 0 Å². The first-order valence-corrected chi connectivity index (χ1v) is 7.61. The average Bonchev–Trinajstić information content (AvgIpc) is 3.08. The van der Waals surface area contributed by atoms with Gasteiger partial charge in [-0.2, -0.15) is 0 Å². The van der Waals surface area contributed by atoms with Crippen molar-refractivity contribution in [2.24, 2.45) is 0 Å². The second-order valence-corrected chi connectivity index (χ2v) is 5.05. The number of nitrogens with one attached hydrogen (secondary N) is 1. The second-order valence-electron chi connectivity index (χ2n) is 5.05. The number of rotatable bonds is 6. The maximum Gasteiger partial charge on any atom is 0.342 e. The quantitative estimate of drug-likeness (QED) is 0.688. The minimum atomic E-state index is -0.608. The molecule has 0 aliphatic heterocycles. The number of hydrogen-bond donors (Lipinski definition) is 1. The number of aryl methyl sites for hydroxylation is 1. The van der Waals surface area contributed by atoms with Crippen molar-refractivity contribution in [1.82, 2.24) is 15.2 Å². The Morgan fingerprint density at radius 3 is 2.84 bits per heavy atom. The van der Waals surface area contributed by atoms with E-state index in [0.29, 0.717) is 18.0 Å². The predicted molar refractivity (Wildman–Crippen MR) is 86.7 cm³/mol. The smallest absolute Gasteiger partial charge is 0.342 e. The van der Waals surface area contributed by atoms with Crippen molar-refractivity contribution in [3.05, 3.63) is 65.8 Å². The van der Waals surface area contributed by atoms with E-state index < -0.39 is 11.8 Å². The van der Waals surface area contributed by atoms with E-state index in [9.17, 15) is 9.18 Å². The van der Waals surface area contributed by atoms with Crippen LogP contribution in [-0.4, -0.2) is 21.2 Å². The molecule has 2 heterocycles. The van der Waals surface area contributed by atoms with Crippen molar-refractivity contribution in [1.29, 1.82) is 0 Å². The number of pyridine rings is 1. The maximum absolute atomic E-state index is 13.3. The lowest BCUT2D eigenvalue weighted by Gasteiger charge is -2.10. The van der Waals surface area contributed by atoms with E-state index in [1.165, 1.54) is 18.3 Å². The van der Waals surface area contributed by atoms with Gasteiger partial charge in [0.15, 0.2) is 6.61 Å². The summed E-state index contributed by atoms with van der Waals surface area (Å²) in [7, 11) is 0. The van der Waals surface area contributed by atoms with Crippen LogP contribution in [0, 0.1) is 5.82 Å². The zero-order chi connectivity index (χ0) is 17.6. The number of ether oxygens (including phenoxy) is 1. The van der Waals surface area contributed by atoms with Gasteiger partial charge < -0.3 is 14.5 Å². The van der Waals surface area contributed by atoms with Gasteiger partial charge in [0.2, 0.25) is 5.89 Å². The topological polar surface area (TPSA) is 90.1 Å². The molecular formula is C17H15FN4O3. The average molecular weight is 342 g/mol. The van der Waals surface area contributed by atoms with E-state index >= 15 is 0 Å². The number of esters is 1. The van der Waals surface area contributed by atoms with Crippen LogP contribution in [0.25, 0.3) is 0 Å². The Bertz CT molecular complexity index is 882. The molecule has 0 fully saturated rings. The number of benzene rings is 1. The highest BCUT2D eigenvalue weighted by atomic mass is 19.1. The SMILES string of the molecule is CCc1nnc(COC(=O)c2cccnc2Nc2cccc(F)c2)o1. The van der Waals surface area contributed by atoms with Gasteiger partial charge in [0, 0.05) is 18.3 Å². The Hall–Kier alpha value is -3.29. The number of carbonyl (C=O) groups is 1. The summed E-state index contributed by atoms with van der Waals surface area (Å²) in [4.78, 5) is 16.4. The van der Waals surface area contributed by atoms with E-state index in [-0.39, 0.29) is 23.9 Å². The highest BCUT2D eigenvalue weighted by molar-refractivity contribution is 5.95. The first-order valence-electron chi connectivity index (χ1n) is 7.61. The van der Waals surface area contributed by atoms with Crippen LogP contribution in [0.1, 0.15) is 29.1 Å². The van der Waals surface area contributed by atoms with E-state index in [2.05, 4.69) is 20.5 Å². The maximum atomic E-state index is 13.3. The number of carbonyl (C=O) groups excluding carboxylic acids is 1. The fourth-order valence-electron chi connectivity index (χ4n) is 2.07. The molecule has 0 amide bonds. The Morgan fingerprint density at radius 1 is 1.24 bits per heavy atom. The summed E-state index contributed by atoms with van der Waals surface area (Å²) in [5.41, 5.74) is 0.680. The molecule has 8 heteroatoms. The molecule has 0 atom stereocenters. The summed E-state index contributed by atoms with van der Waals surface area (Å²) in [6, 6.07) is 9.01. The van der Waals surface area contributed by atoms with Crippen molar-refractivity contribution in [2.45, 2.75) is 20.0 Å². The van der Waals surface area contributed by atoms with Crippen LogP contribution in [0.15, 0.2) is 47.0 Å². The van der Waals surface area contributed by atoms with Gasteiger partial charge in [0.25, 0.3) is 5.89 Å². The molecule has 2 aromatic heterocycles. The van der Waals surface area contributed by atoms with Gasteiger partial charge in [-0.15, -0.1) is 10.2 Å². The lowest BCUT2D eigenvalue weighted by Crippen LogP contribution is -2.09. The first kappa shape index (κ1) is 16.6. The van der Waals surface area contributed by atoms with Gasteiger partial charge in [0.05, 0.1) is 0 Å². The molecule has 7 nitrogen and oxygen atoms in total. The van der Waals surface area contributed by atoms with E-state index in [4.69, 9.17) is 9.15 Å². The zero-order valence-corrected chi connectivity index (χ0v) is 13.4. The molecule has 0 aliphatic rings. The number of nitrogens with zero attached hydrogens (tertiary/aromatic N) is 3. The van der Waals surface area contributed by atoms with Crippen LogP contribution in [0.3, 0.4) is 0 Å². The summed E-state index contributed by atoms with van der Waals surface area (Å²) in [6.07, 6.45) is 2.12. The first-order chi connectivity index (χ1) is 12.2. The van der Waals surface area contributed by atoms with E-state index in [0.717, 1.165) is 0 Å². The summed E-state index contributed by atoms with van der Waals surface area (Å²) < 4.78 is 23.8. The Kier molecular flexibility index (Phi) is 4.98. The van der Waals surface area contributed by atoms with Crippen molar-refractivity contribution in [2.75, 3.05) is 5.32 Å². The van der Waals surface area contributed by atoms with E-state index in [1.807, 2.05) is 6.92 Å².